The molecule has 1 aliphatic heterocycles. The van der Waals surface area contributed by atoms with E-state index in [0.29, 0.717) is 11.6 Å². The molecule has 1 aromatic heterocycles. The quantitative estimate of drug-likeness (QED) is 0.790. The summed E-state index contributed by atoms with van der Waals surface area (Å²) in [6, 6.07) is 0. The lowest BCUT2D eigenvalue weighted by Crippen LogP contribution is -2.28. The normalized spacial score (nSPS) is 23.3. The van der Waals surface area contributed by atoms with Gasteiger partial charge in [0.05, 0.1) is 10.7 Å². The first kappa shape index (κ1) is 9.09. The smallest absolute Gasteiger partial charge is 0.132 e. The van der Waals surface area contributed by atoms with Gasteiger partial charge in [-0.2, -0.15) is 0 Å². The largest absolute Gasteiger partial charge is 0.316 e. The predicted molar refractivity (Wildman–Crippen MR) is 51.8 cm³/mol. The predicted octanol–water partition coefficient (Wildman–Crippen LogP) is 2.08. The minimum Gasteiger partial charge on any atom is -0.316 e. The van der Waals surface area contributed by atoms with E-state index in [0.717, 1.165) is 18.1 Å². The third kappa shape index (κ3) is 2.06. The molecule has 1 fully saturated rings. The number of thiazole rings is 1. The molecule has 1 N–H and O–H groups in total. The number of alkyl halides is 1. The Morgan fingerprint density at radius 1 is 1.69 bits per heavy atom. The summed E-state index contributed by atoms with van der Waals surface area (Å²) in [6.07, 6.45) is 2.39. The highest BCUT2D eigenvalue weighted by Crippen LogP contribution is 2.26. The van der Waals surface area contributed by atoms with E-state index >= 15 is 0 Å². The summed E-state index contributed by atoms with van der Waals surface area (Å²) >= 11 is 1.59. The number of rotatable bonds is 2. The molecular weight excluding hydrogens is 187 g/mol. The van der Waals surface area contributed by atoms with Crippen LogP contribution in [0.15, 0.2) is 5.38 Å². The van der Waals surface area contributed by atoms with Gasteiger partial charge in [-0.25, -0.2) is 9.37 Å². The number of halogens is 1. The molecule has 0 saturated carbocycles. The lowest BCUT2D eigenvalue weighted by molar-refractivity contribution is 0.453. The van der Waals surface area contributed by atoms with Crippen LogP contribution in [0.3, 0.4) is 0 Å². The molecule has 0 aromatic carbocycles. The molecule has 0 bridgehead atoms. The zero-order valence-corrected chi connectivity index (χ0v) is 8.24. The number of piperidine rings is 1. The Kier molecular flexibility index (Phi) is 2.90. The van der Waals surface area contributed by atoms with Crippen molar-refractivity contribution in [2.75, 3.05) is 13.1 Å². The second-order valence-electron chi connectivity index (χ2n) is 3.35. The van der Waals surface area contributed by atoms with Gasteiger partial charge < -0.3 is 5.32 Å². The van der Waals surface area contributed by atoms with E-state index in [9.17, 15) is 4.39 Å². The molecule has 0 amide bonds. The Balaban J connectivity index is 2.05. The van der Waals surface area contributed by atoms with Crippen molar-refractivity contribution in [1.82, 2.24) is 10.3 Å². The van der Waals surface area contributed by atoms with Gasteiger partial charge in [-0.3, -0.25) is 0 Å². The summed E-state index contributed by atoms with van der Waals surface area (Å²) < 4.78 is 12.2. The topological polar surface area (TPSA) is 24.9 Å². The fourth-order valence-corrected chi connectivity index (χ4v) is 2.57. The van der Waals surface area contributed by atoms with Crippen LogP contribution in [-0.2, 0) is 6.67 Å². The second kappa shape index (κ2) is 4.15. The van der Waals surface area contributed by atoms with Gasteiger partial charge in [-0.05, 0) is 19.4 Å². The first-order valence-corrected chi connectivity index (χ1v) is 5.49. The first-order chi connectivity index (χ1) is 6.40. The van der Waals surface area contributed by atoms with Crippen LogP contribution in [0.4, 0.5) is 4.39 Å². The van der Waals surface area contributed by atoms with Gasteiger partial charge >= 0.3 is 0 Å². The Bertz CT molecular complexity index is 268. The van der Waals surface area contributed by atoms with Crippen LogP contribution >= 0.6 is 11.3 Å². The molecule has 0 spiro atoms. The van der Waals surface area contributed by atoms with Crippen LogP contribution in [0.1, 0.15) is 29.5 Å². The lowest BCUT2D eigenvalue weighted by atomic mass is 10.0. The van der Waals surface area contributed by atoms with E-state index in [4.69, 9.17) is 0 Å². The standard InChI is InChI=1S/C9H13FN2S/c10-4-8-6-13-9(12-8)7-2-1-3-11-5-7/h6-7,11H,1-5H2. The maximum Gasteiger partial charge on any atom is 0.132 e. The molecule has 72 valence electrons. The van der Waals surface area contributed by atoms with Gasteiger partial charge in [0.25, 0.3) is 0 Å². The van der Waals surface area contributed by atoms with E-state index in [1.807, 2.05) is 5.38 Å². The molecule has 2 nitrogen and oxygen atoms in total. The molecule has 1 unspecified atom stereocenters. The number of aromatic nitrogens is 1. The highest BCUT2D eigenvalue weighted by molar-refractivity contribution is 7.09. The fraction of sp³-hybridized carbons (Fsp3) is 0.667. The summed E-state index contributed by atoms with van der Waals surface area (Å²) in [6.45, 7) is 1.67. The van der Waals surface area contributed by atoms with Gasteiger partial charge in [0.2, 0.25) is 0 Å². The molecule has 13 heavy (non-hydrogen) atoms. The van der Waals surface area contributed by atoms with Crippen molar-refractivity contribution in [2.45, 2.75) is 25.4 Å². The average Bonchev–Trinajstić information content (AvgIpc) is 2.67. The Hall–Kier alpha value is -0.480. The summed E-state index contributed by atoms with van der Waals surface area (Å²) in [7, 11) is 0. The number of nitrogens with zero attached hydrogens (tertiary/aromatic N) is 1. The van der Waals surface area contributed by atoms with Gasteiger partial charge in [0.15, 0.2) is 0 Å². The molecule has 2 heterocycles. The Morgan fingerprint density at radius 3 is 3.23 bits per heavy atom. The van der Waals surface area contributed by atoms with Crippen LogP contribution in [-0.4, -0.2) is 18.1 Å². The molecule has 1 atom stereocenters. The zero-order valence-electron chi connectivity index (χ0n) is 7.42. The van der Waals surface area contributed by atoms with Crippen LogP contribution in [0, 0.1) is 0 Å². The zero-order chi connectivity index (χ0) is 9.10. The molecule has 1 aliphatic rings. The van der Waals surface area contributed by atoms with Crippen molar-refractivity contribution in [2.24, 2.45) is 0 Å². The average molecular weight is 200 g/mol. The minimum atomic E-state index is -0.434. The Labute approximate surface area is 81.2 Å². The van der Waals surface area contributed by atoms with Crippen LogP contribution in [0.5, 0.6) is 0 Å². The van der Waals surface area contributed by atoms with Gasteiger partial charge in [-0.15, -0.1) is 11.3 Å². The van der Waals surface area contributed by atoms with Crippen molar-refractivity contribution in [1.29, 1.82) is 0 Å². The lowest BCUT2D eigenvalue weighted by Gasteiger charge is -2.20. The van der Waals surface area contributed by atoms with Crippen molar-refractivity contribution in [3.8, 4) is 0 Å². The molecule has 4 heteroatoms. The number of hydrogen-bond acceptors (Lipinski definition) is 3. The fourth-order valence-electron chi connectivity index (χ4n) is 1.63. The summed E-state index contributed by atoms with van der Waals surface area (Å²) in [4.78, 5) is 4.26. The molecule has 0 aliphatic carbocycles. The van der Waals surface area contributed by atoms with Crippen LogP contribution < -0.4 is 5.32 Å². The van der Waals surface area contributed by atoms with Crippen molar-refractivity contribution in [3.05, 3.63) is 16.1 Å². The van der Waals surface area contributed by atoms with Crippen LogP contribution in [0.2, 0.25) is 0 Å². The molecule has 1 saturated heterocycles. The maximum atomic E-state index is 12.2. The third-order valence-electron chi connectivity index (χ3n) is 2.35. The van der Waals surface area contributed by atoms with Gasteiger partial charge in [0, 0.05) is 17.8 Å². The SMILES string of the molecule is FCc1csc(C2CCCNC2)n1. The van der Waals surface area contributed by atoms with Crippen molar-refractivity contribution in [3.63, 3.8) is 0 Å². The van der Waals surface area contributed by atoms with E-state index < -0.39 is 6.67 Å². The number of hydrogen-bond donors (Lipinski definition) is 1. The Morgan fingerprint density at radius 2 is 2.62 bits per heavy atom. The molecular formula is C9H13FN2S. The highest BCUT2D eigenvalue weighted by Gasteiger charge is 2.17. The molecule has 0 radical (unpaired) electrons. The first-order valence-electron chi connectivity index (χ1n) is 4.61. The minimum absolute atomic E-state index is 0.434. The number of nitrogens with one attached hydrogen (secondary N) is 1. The van der Waals surface area contributed by atoms with E-state index in [1.54, 1.807) is 11.3 Å². The molecule has 1 aromatic rings. The third-order valence-corrected chi connectivity index (χ3v) is 3.41. The van der Waals surface area contributed by atoms with Crippen LogP contribution in [0.25, 0.3) is 0 Å². The summed E-state index contributed by atoms with van der Waals surface area (Å²) in [5, 5.41) is 6.25. The monoisotopic (exact) mass is 200 g/mol. The maximum absolute atomic E-state index is 12.2. The van der Waals surface area contributed by atoms with Gasteiger partial charge in [0.1, 0.15) is 6.67 Å². The van der Waals surface area contributed by atoms with Crippen molar-refractivity contribution < 1.29 is 4.39 Å². The second-order valence-corrected chi connectivity index (χ2v) is 4.24. The summed E-state index contributed by atoms with van der Waals surface area (Å²) in [5.74, 6) is 0.513. The van der Waals surface area contributed by atoms with Gasteiger partial charge in [-0.1, -0.05) is 0 Å². The van der Waals surface area contributed by atoms with Crippen molar-refractivity contribution >= 4 is 11.3 Å². The molecule has 2 rings (SSSR count). The van der Waals surface area contributed by atoms with E-state index in [1.165, 1.54) is 12.8 Å². The highest BCUT2D eigenvalue weighted by atomic mass is 32.1. The van der Waals surface area contributed by atoms with E-state index in [-0.39, 0.29) is 0 Å². The summed E-state index contributed by atoms with van der Waals surface area (Å²) in [5.41, 5.74) is 0.588. The van der Waals surface area contributed by atoms with E-state index in [2.05, 4.69) is 10.3 Å².